The molecule has 14 heteroatoms. The maximum Gasteiger partial charge on any atom is 0.407 e. The molecule has 2 aliphatic rings. The van der Waals surface area contributed by atoms with E-state index in [1.807, 2.05) is 44.7 Å². The number of hydrogen-bond acceptors (Lipinski definition) is 8. The number of fused-ring (bicyclic) bond motifs is 1. The Morgan fingerprint density at radius 1 is 0.738 bits per heavy atom. The van der Waals surface area contributed by atoms with Crippen molar-refractivity contribution < 1.29 is 28.7 Å². The van der Waals surface area contributed by atoms with Gasteiger partial charge in [0.1, 0.15) is 23.7 Å². The maximum atomic E-state index is 14.0. The second-order valence-corrected chi connectivity index (χ2v) is 18.0. The molecule has 2 fully saturated rings. The third kappa shape index (κ3) is 10.7. The number of H-pyrrole nitrogens is 2. The summed E-state index contributed by atoms with van der Waals surface area (Å²) >= 11 is 0. The molecule has 4 amide bonds. The van der Waals surface area contributed by atoms with E-state index in [9.17, 15) is 19.2 Å². The quantitative estimate of drug-likeness (QED) is 0.0724. The summed E-state index contributed by atoms with van der Waals surface area (Å²) in [6.07, 6.45) is 17.9. The van der Waals surface area contributed by atoms with Crippen LogP contribution in [0.5, 0.6) is 0 Å². The number of terminal acetylenes is 2. The highest BCUT2D eigenvalue weighted by Crippen LogP contribution is 2.46. The van der Waals surface area contributed by atoms with Gasteiger partial charge in [-0.05, 0) is 83.5 Å². The van der Waals surface area contributed by atoms with Crippen LogP contribution in [0.15, 0.2) is 73.1 Å². The molecule has 7 rings (SSSR count). The molecule has 0 bridgehead atoms. The van der Waals surface area contributed by atoms with Gasteiger partial charge in [0.05, 0.1) is 51.1 Å². The van der Waals surface area contributed by atoms with Crippen molar-refractivity contribution in [3.8, 4) is 58.3 Å². The van der Waals surface area contributed by atoms with Crippen LogP contribution in [0.4, 0.5) is 9.59 Å². The number of aromatic nitrogens is 4. The lowest BCUT2D eigenvalue weighted by Gasteiger charge is -2.33. The maximum absolute atomic E-state index is 14.0. The number of imidazole rings is 2. The number of methoxy groups -OCH3 is 2. The van der Waals surface area contributed by atoms with Crippen LogP contribution in [0.25, 0.3) is 44.4 Å². The standard InChI is InChI=1S/C51H58N8O6/c1-9-33-11-20-40(23-33)59(48(61)46(32(5)6)57-50(63)65-8)29-44-53-27-42(55-44)39-19-18-37-24-36(16-17-38(37)25-39)34-12-14-35(15-13-34)41-26-52-43(54-41)28-58(30-51(10-2)21-22-51)47(60)45(31(3)4)56-49(62)64-7/h1-2,12-19,24-27,31-33,40,45-46H,11,20-23,28-30H2,3-8H3,(H,52,54)(H,53,55)(H,56,62)(H,57,63)/t33-,40+,45-,46-/m0/s1. The van der Waals surface area contributed by atoms with Gasteiger partial charge in [-0.15, -0.1) is 18.8 Å². The van der Waals surface area contributed by atoms with Crippen LogP contribution >= 0.6 is 0 Å². The molecule has 0 spiro atoms. The lowest BCUT2D eigenvalue weighted by atomic mass is 9.98. The Morgan fingerprint density at radius 3 is 1.80 bits per heavy atom. The van der Waals surface area contributed by atoms with Gasteiger partial charge in [-0.25, -0.2) is 19.6 Å². The monoisotopic (exact) mass is 878 g/mol. The molecule has 338 valence electrons. The summed E-state index contributed by atoms with van der Waals surface area (Å²) in [6.45, 7) is 8.35. The number of nitrogens with zero attached hydrogens (tertiary/aromatic N) is 4. The van der Waals surface area contributed by atoms with Gasteiger partial charge in [-0.3, -0.25) is 9.59 Å². The first kappa shape index (κ1) is 45.9. The fourth-order valence-corrected chi connectivity index (χ4v) is 8.59. The molecule has 2 aliphatic carbocycles. The van der Waals surface area contributed by atoms with Gasteiger partial charge < -0.3 is 39.9 Å². The first-order chi connectivity index (χ1) is 31.2. The van der Waals surface area contributed by atoms with Gasteiger partial charge in [-0.1, -0.05) is 82.1 Å². The Labute approximate surface area is 380 Å². The van der Waals surface area contributed by atoms with Crippen molar-refractivity contribution in [2.75, 3.05) is 20.8 Å². The number of carbonyl (C=O) groups is 4. The van der Waals surface area contributed by atoms with E-state index in [0.717, 1.165) is 70.1 Å². The summed E-state index contributed by atoms with van der Waals surface area (Å²) < 4.78 is 9.62. The third-order valence-corrected chi connectivity index (χ3v) is 12.7. The molecule has 0 aliphatic heterocycles. The molecule has 0 radical (unpaired) electrons. The van der Waals surface area contributed by atoms with Gasteiger partial charge >= 0.3 is 12.2 Å². The molecule has 14 nitrogen and oxygen atoms in total. The van der Waals surface area contributed by atoms with Crippen molar-refractivity contribution in [2.45, 2.75) is 91.0 Å². The van der Waals surface area contributed by atoms with Crippen molar-refractivity contribution >= 4 is 34.8 Å². The van der Waals surface area contributed by atoms with Gasteiger partial charge in [0, 0.05) is 29.5 Å². The number of aromatic amines is 2. The Hall–Kier alpha value is -7.06. The number of ether oxygens (including phenoxy) is 2. The largest absolute Gasteiger partial charge is 0.453 e. The molecular weight excluding hydrogens is 821 g/mol. The highest BCUT2D eigenvalue weighted by atomic mass is 16.5. The second-order valence-electron chi connectivity index (χ2n) is 18.0. The van der Waals surface area contributed by atoms with Gasteiger partial charge in [-0.2, -0.15) is 0 Å². The van der Waals surface area contributed by atoms with Crippen molar-refractivity contribution in [3.05, 3.63) is 84.7 Å². The number of benzene rings is 3. The van der Waals surface area contributed by atoms with Crippen LogP contribution < -0.4 is 10.6 Å². The minimum Gasteiger partial charge on any atom is -0.453 e. The number of alkyl carbamates (subject to hydrolysis) is 2. The summed E-state index contributed by atoms with van der Waals surface area (Å²) in [6, 6.07) is 19.2. The van der Waals surface area contributed by atoms with Crippen LogP contribution in [0.3, 0.4) is 0 Å². The van der Waals surface area contributed by atoms with Crippen LogP contribution in [-0.2, 0) is 32.2 Å². The second kappa shape index (κ2) is 19.8. The summed E-state index contributed by atoms with van der Waals surface area (Å²) in [5.41, 5.74) is 5.27. The number of carbonyl (C=O) groups excluding carboxylic acids is 4. The van der Waals surface area contributed by atoms with E-state index < -0.39 is 24.3 Å². The van der Waals surface area contributed by atoms with Crippen molar-refractivity contribution in [3.63, 3.8) is 0 Å². The average molecular weight is 879 g/mol. The molecule has 65 heavy (non-hydrogen) atoms. The highest BCUT2D eigenvalue weighted by molar-refractivity contribution is 5.91. The summed E-state index contributed by atoms with van der Waals surface area (Å²) in [7, 11) is 2.56. The zero-order valence-corrected chi connectivity index (χ0v) is 37.9. The van der Waals surface area contributed by atoms with E-state index in [2.05, 4.69) is 90.9 Å². The highest BCUT2D eigenvalue weighted by Gasteiger charge is 2.45. The van der Waals surface area contributed by atoms with Crippen LogP contribution in [0.2, 0.25) is 0 Å². The summed E-state index contributed by atoms with van der Waals surface area (Å²) in [5.74, 6) is 6.29. The zero-order valence-electron chi connectivity index (χ0n) is 37.9. The van der Waals surface area contributed by atoms with Crippen LogP contribution in [0, 0.1) is 47.9 Å². The molecule has 0 saturated heterocycles. The molecule has 4 N–H and O–H groups in total. The van der Waals surface area contributed by atoms with Crippen molar-refractivity contribution in [1.82, 2.24) is 40.4 Å². The molecule has 2 aromatic heterocycles. The number of nitrogens with one attached hydrogen (secondary N) is 4. The Morgan fingerprint density at radius 2 is 1.26 bits per heavy atom. The lowest BCUT2D eigenvalue weighted by molar-refractivity contribution is -0.137. The fourth-order valence-electron chi connectivity index (χ4n) is 8.59. The van der Waals surface area contributed by atoms with E-state index in [1.54, 1.807) is 17.3 Å². The first-order valence-electron chi connectivity index (χ1n) is 22.2. The van der Waals surface area contributed by atoms with E-state index in [0.29, 0.717) is 24.6 Å². The SMILES string of the molecule is C#C[C@H]1CC[C@@H](N(Cc2ncc(-c3ccc4cc(-c5ccc(-c6cnc(CN(CC7(C#C)CC7)C(=O)[C@@H](NC(=O)OC)C(C)C)[nH]6)cc5)ccc4c3)[nH]2)C(=O)[C@@H](NC(=O)OC)C(C)C)C1. The van der Waals surface area contributed by atoms with E-state index in [-0.39, 0.29) is 54.1 Å². The molecule has 5 aromatic rings. The van der Waals surface area contributed by atoms with E-state index in [4.69, 9.17) is 22.3 Å². The van der Waals surface area contributed by atoms with E-state index in [1.165, 1.54) is 14.2 Å². The molecule has 3 aromatic carbocycles. The predicted molar refractivity (Wildman–Crippen MR) is 249 cm³/mol. The topological polar surface area (TPSA) is 175 Å². The molecule has 4 atom stereocenters. The molecule has 0 unspecified atom stereocenters. The van der Waals surface area contributed by atoms with Crippen molar-refractivity contribution in [2.24, 2.45) is 23.2 Å². The molecule has 2 heterocycles. The minimum atomic E-state index is -0.782. The Kier molecular flexibility index (Phi) is 14.0. The lowest BCUT2D eigenvalue weighted by Crippen LogP contribution is -2.53. The normalized spacial score (nSPS) is 17.1. The summed E-state index contributed by atoms with van der Waals surface area (Å²) in [5, 5.41) is 7.55. The first-order valence-corrected chi connectivity index (χ1v) is 22.2. The minimum absolute atomic E-state index is 0.0789. The smallest absolute Gasteiger partial charge is 0.407 e. The Balaban J connectivity index is 1.04. The van der Waals surface area contributed by atoms with Crippen molar-refractivity contribution in [1.29, 1.82) is 0 Å². The number of rotatable bonds is 16. The molecule has 2 saturated carbocycles. The fraction of sp³-hybridized carbons (Fsp3) is 0.412. The third-order valence-electron chi connectivity index (χ3n) is 12.7. The van der Waals surface area contributed by atoms with Crippen LogP contribution in [-0.4, -0.2) is 92.6 Å². The van der Waals surface area contributed by atoms with Gasteiger partial charge in [0.2, 0.25) is 11.8 Å². The summed E-state index contributed by atoms with van der Waals surface area (Å²) in [4.78, 5) is 71.9. The van der Waals surface area contributed by atoms with Crippen LogP contribution in [0.1, 0.15) is 71.4 Å². The van der Waals surface area contributed by atoms with Gasteiger partial charge in [0.15, 0.2) is 0 Å². The number of amides is 4. The van der Waals surface area contributed by atoms with E-state index >= 15 is 0 Å². The van der Waals surface area contributed by atoms with Gasteiger partial charge in [0.25, 0.3) is 0 Å². The predicted octanol–water partition coefficient (Wildman–Crippen LogP) is 7.92. The average Bonchev–Trinajstić information content (AvgIpc) is 3.65. The Bertz CT molecular complexity index is 2610. The molecular formula is C51H58N8O6. The number of hydrogen-bond donors (Lipinski definition) is 4. The zero-order chi connectivity index (χ0) is 46.4.